The third-order valence-corrected chi connectivity index (χ3v) is 3.53. The standard InChI is InChI=1S/C13H13BrN2OS/c1-16(7-9-4-5-17-8-9)10-2-3-11(13(15)18)12(14)6-10/h2-6,8H,7H2,1H3,(H2,15,18). The Labute approximate surface area is 120 Å². The molecule has 0 saturated heterocycles. The molecule has 1 aromatic carbocycles. The van der Waals surface area contributed by atoms with Crippen LogP contribution in [0.25, 0.3) is 0 Å². The maximum absolute atomic E-state index is 5.63. The first-order valence-electron chi connectivity index (χ1n) is 5.39. The summed E-state index contributed by atoms with van der Waals surface area (Å²) in [5, 5.41) is 0. The molecule has 3 nitrogen and oxygen atoms in total. The van der Waals surface area contributed by atoms with Crippen LogP contribution < -0.4 is 10.6 Å². The van der Waals surface area contributed by atoms with Gasteiger partial charge < -0.3 is 15.1 Å². The zero-order valence-electron chi connectivity index (χ0n) is 9.89. The van der Waals surface area contributed by atoms with Crippen LogP contribution in [0.3, 0.4) is 0 Å². The van der Waals surface area contributed by atoms with Gasteiger partial charge in [0.25, 0.3) is 0 Å². The molecule has 0 unspecified atom stereocenters. The molecule has 18 heavy (non-hydrogen) atoms. The maximum Gasteiger partial charge on any atom is 0.105 e. The average Bonchev–Trinajstić information content (AvgIpc) is 2.81. The van der Waals surface area contributed by atoms with E-state index in [4.69, 9.17) is 22.4 Å². The number of nitrogens with two attached hydrogens (primary N) is 1. The molecule has 94 valence electrons. The Morgan fingerprint density at radius 3 is 2.78 bits per heavy atom. The fourth-order valence-electron chi connectivity index (χ4n) is 1.69. The van der Waals surface area contributed by atoms with Gasteiger partial charge in [0, 0.05) is 34.9 Å². The number of rotatable bonds is 4. The highest BCUT2D eigenvalue weighted by molar-refractivity contribution is 9.10. The highest BCUT2D eigenvalue weighted by atomic mass is 79.9. The van der Waals surface area contributed by atoms with Crippen molar-refractivity contribution in [2.24, 2.45) is 5.73 Å². The molecular formula is C13H13BrN2OS. The maximum atomic E-state index is 5.63. The van der Waals surface area contributed by atoms with E-state index in [9.17, 15) is 0 Å². The predicted molar refractivity (Wildman–Crippen MR) is 80.8 cm³/mol. The molecule has 0 radical (unpaired) electrons. The van der Waals surface area contributed by atoms with Crippen molar-refractivity contribution in [3.63, 3.8) is 0 Å². The molecule has 2 rings (SSSR count). The minimum atomic E-state index is 0.394. The number of thiocarbonyl (C=S) groups is 1. The molecule has 2 N–H and O–H groups in total. The van der Waals surface area contributed by atoms with Crippen molar-refractivity contribution in [3.05, 3.63) is 52.4 Å². The molecule has 0 fully saturated rings. The number of furan rings is 1. The molecular weight excluding hydrogens is 312 g/mol. The van der Waals surface area contributed by atoms with Gasteiger partial charge in [-0.05, 0) is 40.2 Å². The summed E-state index contributed by atoms with van der Waals surface area (Å²) in [4.78, 5) is 2.52. The first-order chi connectivity index (χ1) is 8.58. The van der Waals surface area contributed by atoms with Gasteiger partial charge in [-0.2, -0.15) is 0 Å². The Bertz CT molecular complexity index is 554. The summed E-state index contributed by atoms with van der Waals surface area (Å²) in [6.07, 6.45) is 3.42. The molecule has 0 aliphatic heterocycles. The van der Waals surface area contributed by atoms with Gasteiger partial charge in [0.05, 0.1) is 12.5 Å². The third kappa shape index (κ3) is 2.91. The van der Waals surface area contributed by atoms with E-state index in [2.05, 4.69) is 20.8 Å². The smallest absolute Gasteiger partial charge is 0.105 e. The first kappa shape index (κ1) is 13.1. The number of hydrogen-bond donors (Lipinski definition) is 1. The number of benzene rings is 1. The largest absolute Gasteiger partial charge is 0.472 e. The second-order valence-corrected chi connectivity index (χ2v) is 5.31. The highest BCUT2D eigenvalue weighted by Crippen LogP contribution is 2.24. The van der Waals surface area contributed by atoms with E-state index in [-0.39, 0.29) is 0 Å². The van der Waals surface area contributed by atoms with Gasteiger partial charge in [-0.15, -0.1) is 0 Å². The topological polar surface area (TPSA) is 42.4 Å². The van der Waals surface area contributed by atoms with Crippen molar-refractivity contribution < 1.29 is 4.42 Å². The van der Waals surface area contributed by atoms with E-state index >= 15 is 0 Å². The van der Waals surface area contributed by atoms with E-state index in [1.54, 1.807) is 12.5 Å². The Morgan fingerprint density at radius 1 is 1.44 bits per heavy atom. The van der Waals surface area contributed by atoms with Gasteiger partial charge in [-0.3, -0.25) is 0 Å². The molecule has 1 heterocycles. The molecule has 0 amide bonds. The van der Waals surface area contributed by atoms with Crippen LogP contribution in [-0.2, 0) is 6.54 Å². The molecule has 2 aromatic rings. The first-order valence-corrected chi connectivity index (χ1v) is 6.59. The molecule has 0 spiro atoms. The van der Waals surface area contributed by atoms with Crippen LogP contribution in [0.5, 0.6) is 0 Å². The third-order valence-electron chi connectivity index (χ3n) is 2.66. The van der Waals surface area contributed by atoms with Crippen LogP contribution in [0.2, 0.25) is 0 Å². The van der Waals surface area contributed by atoms with Gasteiger partial charge in [-0.25, -0.2) is 0 Å². The van der Waals surface area contributed by atoms with Crippen molar-refractivity contribution in [1.82, 2.24) is 0 Å². The lowest BCUT2D eigenvalue weighted by molar-refractivity contribution is 0.563. The van der Waals surface area contributed by atoms with Gasteiger partial charge in [0.15, 0.2) is 0 Å². The lowest BCUT2D eigenvalue weighted by Gasteiger charge is -2.19. The molecule has 0 saturated carbocycles. The van der Waals surface area contributed by atoms with Crippen LogP contribution in [0.4, 0.5) is 5.69 Å². The minimum Gasteiger partial charge on any atom is -0.472 e. The fraction of sp³-hybridized carbons (Fsp3) is 0.154. The van der Waals surface area contributed by atoms with E-state index in [0.29, 0.717) is 4.99 Å². The second kappa shape index (κ2) is 5.54. The molecule has 0 bridgehead atoms. The van der Waals surface area contributed by atoms with Crippen LogP contribution >= 0.6 is 28.1 Å². The highest BCUT2D eigenvalue weighted by Gasteiger charge is 2.07. The summed E-state index contributed by atoms with van der Waals surface area (Å²) >= 11 is 8.45. The van der Waals surface area contributed by atoms with E-state index in [0.717, 1.165) is 27.8 Å². The summed E-state index contributed by atoms with van der Waals surface area (Å²) in [7, 11) is 2.02. The lowest BCUT2D eigenvalue weighted by atomic mass is 10.2. The number of anilines is 1. The zero-order chi connectivity index (χ0) is 13.1. The normalized spacial score (nSPS) is 10.3. The Morgan fingerprint density at radius 2 is 2.22 bits per heavy atom. The molecule has 0 atom stereocenters. The Hall–Kier alpha value is -1.33. The lowest BCUT2D eigenvalue weighted by Crippen LogP contribution is -2.17. The van der Waals surface area contributed by atoms with Gasteiger partial charge in [-0.1, -0.05) is 12.2 Å². The van der Waals surface area contributed by atoms with Gasteiger partial charge in [0.1, 0.15) is 4.99 Å². The van der Waals surface area contributed by atoms with Crippen molar-refractivity contribution in [2.45, 2.75) is 6.54 Å². The van der Waals surface area contributed by atoms with Crippen LogP contribution in [-0.4, -0.2) is 12.0 Å². The summed E-state index contributed by atoms with van der Waals surface area (Å²) in [6.45, 7) is 0.787. The van der Waals surface area contributed by atoms with E-state index in [1.807, 2.05) is 31.3 Å². The summed E-state index contributed by atoms with van der Waals surface area (Å²) < 4.78 is 5.96. The number of halogens is 1. The Kier molecular flexibility index (Phi) is 4.04. The summed E-state index contributed by atoms with van der Waals surface area (Å²) in [5.41, 5.74) is 8.70. The van der Waals surface area contributed by atoms with Gasteiger partial charge >= 0.3 is 0 Å². The number of nitrogens with zero attached hydrogens (tertiary/aromatic N) is 1. The summed E-state index contributed by atoms with van der Waals surface area (Å²) in [5.74, 6) is 0. The predicted octanol–water partition coefficient (Wildman–Crippen LogP) is 3.31. The second-order valence-electron chi connectivity index (χ2n) is 4.02. The van der Waals surface area contributed by atoms with Crippen molar-refractivity contribution in [3.8, 4) is 0 Å². The molecule has 0 aliphatic carbocycles. The van der Waals surface area contributed by atoms with Crippen molar-refractivity contribution in [1.29, 1.82) is 0 Å². The van der Waals surface area contributed by atoms with Crippen molar-refractivity contribution in [2.75, 3.05) is 11.9 Å². The van der Waals surface area contributed by atoms with Gasteiger partial charge in [0.2, 0.25) is 0 Å². The quantitative estimate of drug-likeness (QED) is 0.876. The monoisotopic (exact) mass is 324 g/mol. The molecule has 0 aliphatic rings. The molecule has 1 aromatic heterocycles. The summed E-state index contributed by atoms with van der Waals surface area (Å²) in [6, 6.07) is 7.89. The van der Waals surface area contributed by atoms with Crippen LogP contribution in [0.15, 0.2) is 45.7 Å². The SMILES string of the molecule is CN(Cc1ccoc1)c1ccc(C(N)=S)c(Br)c1. The van der Waals surface area contributed by atoms with Crippen LogP contribution in [0.1, 0.15) is 11.1 Å². The fourth-order valence-corrected chi connectivity index (χ4v) is 2.58. The molecule has 5 heteroatoms. The van der Waals surface area contributed by atoms with E-state index < -0.39 is 0 Å². The van der Waals surface area contributed by atoms with E-state index in [1.165, 1.54) is 0 Å². The zero-order valence-corrected chi connectivity index (χ0v) is 12.3. The average molecular weight is 325 g/mol. The van der Waals surface area contributed by atoms with Crippen molar-refractivity contribution >= 4 is 38.8 Å². The number of hydrogen-bond acceptors (Lipinski definition) is 3. The van der Waals surface area contributed by atoms with Crippen LogP contribution in [0, 0.1) is 0 Å². The Balaban J connectivity index is 2.18. The minimum absolute atomic E-state index is 0.394.